The van der Waals surface area contributed by atoms with Crippen LogP contribution in [-0.4, -0.2) is 70.5 Å². The van der Waals surface area contributed by atoms with Gasteiger partial charge in [0.15, 0.2) is 12.6 Å². The van der Waals surface area contributed by atoms with Crippen LogP contribution in [0, 0.1) is 0 Å². The summed E-state index contributed by atoms with van der Waals surface area (Å²) in [5, 5.41) is 37.4. The highest BCUT2D eigenvalue weighted by Gasteiger charge is 2.43. The summed E-state index contributed by atoms with van der Waals surface area (Å²) in [6, 6.07) is 0. The Kier molecular flexibility index (Phi) is 5.85. The van der Waals surface area contributed by atoms with Gasteiger partial charge in [-0.25, -0.2) is 4.79 Å². The Morgan fingerprint density at radius 3 is 2.37 bits per heavy atom. The van der Waals surface area contributed by atoms with E-state index in [0.717, 1.165) is 0 Å². The lowest BCUT2D eigenvalue weighted by atomic mass is 10.0. The molecule has 19 heavy (non-hydrogen) atoms. The Bertz CT molecular complexity index is 331. The minimum Gasteiger partial charge on any atom is -0.460 e. The summed E-state index contributed by atoms with van der Waals surface area (Å²) >= 11 is 0. The highest BCUT2D eigenvalue weighted by atomic mass is 16.7. The van der Waals surface area contributed by atoms with Gasteiger partial charge in [-0.3, -0.25) is 0 Å². The average molecular weight is 278 g/mol. The smallest absolute Gasteiger partial charge is 0.333 e. The molecular weight excluding hydrogens is 260 g/mol. The molecule has 0 radical (unpaired) electrons. The molecule has 110 valence electrons. The predicted molar refractivity (Wildman–Crippen MR) is 60.6 cm³/mol. The van der Waals surface area contributed by atoms with Crippen LogP contribution in [0.5, 0.6) is 0 Å². The first-order valence-corrected chi connectivity index (χ1v) is 5.66. The fourth-order valence-corrected chi connectivity index (χ4v) is 1.39. The molecule has 1 saturated heterocycles. The second-order valence-electron chi connectivity index (χ2n) is 4.15. The van der Waals surface area contributed by atoms with Gasteiger partial charge in [0.05, 0.1) is 6.61 Å². The van der Waals surface area contributed by atoms with Crippen molar-refractivity contribution in [1.29, 1.82) is 0 Å². The third-order valence-electron chi connectivity index (χ3n) is 2.49. The molecule has 0 spiro atoms. The largest absolute Gasteiger partial charge is 0.460 e. The molecule has 1 fully saturated rings. The minimum absolute atomic E-state index is 0.104. The molecule has 0 aliphatic carbocycles. The van der Waals surface area contributed by atoms with Crippen molar-refractivity contribution in [2.24, 2.45) is 0 Å². The number of aliphatic hydroxyl groups is 4. The van der Waals surface area contributed by atoms with Crippen LogP contribution in [0.25, 0.3) is 0 Å². The quantitative estimate of drug-likeness (QED) is 0.255. The van der Waals surface area contributed by atoms with E-state index in [9.17, 15) is 25.2 Å². The molecule has 1 rings (SSSR count). The van der Waals surface area contributed by atoms with E-state index in [1.54, 1.807) is 0 Å². The molecule has 1 aliphatic rings. The summed E-state index contributed by atoms with van der Waals surface area (Å²) in [6.45, 7) is 4.66. The number of hydrogen-bond acceptors (Lipinski definition) is 8. The fraction of sp³-hybridized carbons (Fsp3) is 0.727. The van der Waals surface area contributed by atoms with Gasteiger partial charge in [-0.05, 0) is 6.92 Å². The first-order valence-electron chi connectivity index (χ1n) is 5.66. The Morgan fingerprint density at radius 1 is 1.16 bits per heavy atom. The molecule has 4 N–H and O–H groups in total. The van der Waals surface area contributed by atoms with Crippen LogP contribution in [0.1, 0.15) is 6.92 Å². The van der Waals surface area contributed by atoms with E-state index >= 15 is 0 Å². The summed E-state index contributed by atoms with van der Waals surface area (Å²) in [5.74, 6) is -0.579. The third kappa shape index (κ3) is 4.23. The number of aliphatic hydroxyl groups excluding tert-OH is 4. The molecule has 0 bridgehead atoms. The molecule has 5 atom stereocenters. The number of hydrogen-bond donors (Lipinski definition) is 4. The predicted octanol–water partition coefficient (Wildman–Crippen LogP) is -2.12. The van der Waals surface area contributed by atoms with Crippen molar-refractivity contribution >= 4 is 5.97 Å². The first-order chi connectivity index (χ1) is 8.84. The third-order valence-corrected chi connectivity index (χ3v) is 2.49. The molecule has 1 heterocycles. The second-order valence-corrected chi connectivity index (χ2v) is 4.15. The van der Waals surface area contributed by atoms with Gasteiger partial charge in [-0.2, -0.15) is 0 Å². The van der Waals surface area contributed by atoms with Crippen molar-refractivity contribution in [2.75, 3.05) is 13.2 Å². The maximum atomic E-state index is 11.0. The van der Waals surface area contributed by atoms with Crippen molar-refractivity contribution < 1.29 is 39.4 Å². The van der Waals surface area contributed by atoms with Crippen molar-refractivity contribution in [3.05, 3.63) is 12.2 Å². The van der Waals surface area contributed by atoms with Crippen molar-refractivity contribution in [3.8, 4) is 0 Å². The fourth-order valence-electron chi connectivity index (χ4n) is 1.39. The lowest BCUT2D eigenvalue weighted by Crippen LogP contribution is -2.58. The van der Waals surface area contributed by atoms with Crippen molar-refractivity contribution in [2.45, 2.75) is 37.8 Å². The molecular formula is C11H18O8. The number of carbonyl (C=O) groups is 1. The van der Waals surface area contributed by atoms with Crippen LogP contribution in [-0.2, 0) is 19.0 Å². The zero-order chi connectivity index (χ0) is 14.6. The monoisotopic (exact) mass is 278 g/mol. The Hall–Kier alpha value is -1.03. The zero-order valence-corrected chi connectivity index (χ0v) is 10.4. The number of ether oxygens (including phenoxy) is 3. The van der Waals surface area contributed by atoms with Crippen molar-refractivity contribution in [3.63, 3.8) is 0 Å². The molecule has 0 aromatic heterocycles. The Morgan fingerprint density at radius 2 is 1.79 bits per heavy atom. The van der Waals surface area contributed by atoms with Crippen LogP contribution in [0.2, 0.25) is 0 Å². The van der Waals surface area contributed by atoms with E-state index in [1.807, 2.05) is 0 Å². The minimum atomic E-state index is -1.67. The van der Waals surface area contributed by atoms with Crippen LogP contribution < -0.4 is 0 Å². The summed E-state index contributed by atoms with van der Waals surface area (Å²) in [5.41, 5.74) is 0.239. The van der Waals surface area contributed by atoms with Gasteiger partial charge in [-0.1, -0.05) is 6.58 Å². The number of carbonyl (C=O) groups excluding carboxylic acids is 1. The van der Waals surface area contributed by atoms with Crippen LogP contribution in [0.15, 0.2) is 12.2 Å². The molecule has 8 heteroatoms. The van der Waals surface area contributed by atoms with Gasteiger partial charge in [0.25, 0.3) is 0 Å². The van der Waals surface area contributed by atoms with E-state index in [1.165, 1.54) is 6.92 Å². The Labute approximate surface area is 109 Å². The molecule has 0 amide bonds. The second kappa shape index (κ2) is 6.94. The lowest BCUT2D eigenvalue weighted by Gasteiger charge is -2.37. The summed E-state index contributed by atoms with van der Waals surface area (Å²) in [6.07, 6.45) is -7.71. The maximum Gasteiger partial charge on any atom is 0.333 e. The van der Waals surface area contributed by atoms with Gasteiger partial charge in [0.2, 0.25) is 0 Å². The van der Waals surface area contributed by atoms with E-state index in [-0.39, 0.29) is 18.8 Å². The van der Waals surface area contributed by atoms with E-state index in [0.29, 0.717) is 0 Å². The van der Waals surface area contributed by atoms with Gasteiger partial charge in [0, 0.05) is 5.57 Å². The lowest BCUT2D eigenvalue weighted by molar-refractivity contribution is -0.340. The van der Waals surface area contributed by atoms with Crippen LogP contribution in [0.4, 0.5) is 0 Å². The first kappa shape index (κ1) is 16.0. The normalized spacial score (nSPS) is 34.9. The highest BCUT2D eigenvalue weighted by molar-refractivity contribution is 5.86. The van der Waals surface area contributed by atoms with Gasteiger partial charge in [0.1, 0.15) is 24.9 Å². The van der Waals surface area contributed by atoms with Gasteiger partial charge in [-0.15, -0.1) is 0 Å². The molecule has 1 aliphatic heterocycles. The summed E-state index contributed by atoms with van der Waals surface area (Å²) in [4.78, 5) is 11.0. The van der Waals surface area contributed by atoms with Crippen LogP contribution >= 0.6 is 0 Å². The molecule has 8 nitrogen and oxygen atoms in total. The summed E-state index contributed by atoms with van der Waals surface area (Å²) in [7, 11) is 0. The zero-order valence-electron chi connectivity index (χ0n) is 10.4. The number of esters is 1. The molecule has 0 aromatic carbocycles. The van der Waals surface area contributed by atoms with Gasteiger partial charge >= 0.3 is 5.97 Å². The molecule has 0 aromatic rings. The van der Waals surface area contributed by atoms with Crippen LogP contribution in [0.3, 0.4) is 0 Å². The van der Waals surface area contributed by atoms with E-state index < -0.39 is 36.9 Å². The van der Waals surface area contributed by atoms with E-state index in [4.69, 9.17) is 14.2 Å². The topological polar surface area (TPSA) is 126 Å². The van der Waals surface area contributed by atoms with E-state index in [2.05, 4.69) is 6.58 Å². The standard InChI is InChI=1S/C11H18O8/c1-5(2)9(15)17-3-4-18-11-8(14)6(12)7(13)10(16)19-11/h6-8,10-14,16H,1,3-4H2,2H3. The molecule has 0 saturated carbocycles. The summed E-state index contributed by atoms with van der Waals surface area (Å²) < 4.78 is 14.5. The van der Waals surface area contributed by atoms with Crippen molar-refractivity contribution in [1.82, 2.24) is 0 Å². The maximum absolute atomic E-state index is 11.0. The highest BCUT2D eigenvalue weighted by Crippen LogP contribution is 2.20. The Balaban J connectivity index is 2.33. The average Bonchev–Trinajstić information content (AvgIpc) is 2.37. The molecule has 5 unspecified atom stereocenters. The van der Waals surface area contributed by atoms with Gasteiger partial charge < -0.3 is 34.6 Å². The SMILES string of the molecule is C=C(C)C(=O)OCCOC1OC(O)C(O)C(O)C1O. The number of rotatable bonds is 5.